The van der Waals surface area contributed by atoms with Gasteiger partial charge >= 0.3 is 0 Å². The van der Waals surface area contributed by atoms with Crippen molar-refractivity contribution in [1.82, 2.24) is 0 Å². The molecule has 0 unspecified atom stereocenters. The summed E-state index contributed by atoms with van der Waals surface area (Å²) in [4.78, 5) is 11.5. The monoisotopic (exact) mass is 536 g/mol. The highest BCUT2D eigenvalue weighted by atomic mass is 16.6. The Balaban J connectivity index is 1.85. The number of benzene rings is 5. The van der Waals surface area contributed by atoms with Crippen LogP contribution < -0.4 is 5.32 Å². The first-order valence-corrected chi connectivity index (χ1v) is 12.7. The summed E-state index contributed by atoms with van der Waals surface area (Å²) in [6.45, 7) is 0.169. The van der Waals surface area contributed by atoms with E-state index in [9.17, 15) is 10.1 Å². The van der Waals surface area contributed by atoms with E-state index >= 15 is 0 Å². The zero-order chi connectivity index (χ0) is 36.9. The number of hydrogen-bond donors (Lipinski definition) is 1. The summed E-state index contributed by atoms with van der Waals surface area (Å²) >= 11 is 0. The van der Waals surface area contributed by atoms with Gasteiger partial charge in [-0.2, -0.15) is 0 Å². The van der Waals surface area contributed by atoms with Crippen molar-refractivity contribution in [3.05, 3.63) is 136 Å². The fourth-order valence-corrected chi connectivity index (χ4v) is 4.50. The fourth-order valence-electron chi connectivity index (χ4n) is 4.50. The number of nitrogens with one attached hydrogen (secondary N) is 1. The highest BCUT2D eigenvalue weighted by Crippen LogP contribution is 2.42. The van der Waals surface area contributed by atoms with E-state index in [1.165, 1.54) is 36.4 Å². The molecule has 200 valence electrons. The van der Waals surface area contributed by atoms with Gasteiger partial charge < -0.3 is 5.32 Å². The summed E-state index contributed by atoms with van der Waals surface area (Å²) in [5, 5.41) is 15.1. The third kappa shape index (κ3) is 5.39. The van der Waals surface area contributed by atoms with Gasteiger partial charge in [-0.15, -0.1) is 0 Å². The van der Waals surface area contributed by atoms with E-state index in [4.69, 9.17) is 13.7 Å². The van der Waals surface area contributed by atoms with Crippen molar-refractivity contribution in [3.8, 4) is 33.4 Å². The summed E-state index contributed by atoms with van der Waals surface area (Å²) in [5.41, 5.74) is 0.638. The summed E-state index contributed by atoms with van der Waals surface area (Å²) in [7, 11) is 0. The van der Waals surface area contributed by atoms with Crippen molar-refractivity contribution < 1.29 is 18.6 Å². The number of nitrogens with zero attached hydrogens (tertiary/aromatic N) is 1. The Labute approximate surface area is 250 Å². The average molecular weight is 537 g/mol. The van der Waals surface area contributed by atoms with Crippen molar-refractivity contribution in [3.63, 3.8) is 0 Å². The highest BCUT2D eigenvalue weighted by molar-refractivity contribution is 5.94. The molecule has 0 saturated heterocycles. The number of nitro groups is 1. The van der Waals surface area contributed by atoms with Gasteiger partial charge in [0.15, 0.2) is 0 Å². The van der Waals surface area contributed by atoms with Crippen LogP contribution in [-0.2, 0) is 5.41 Å². The number of aryl methyl sites for hydroxylation is 2. The minimum absolute atomic E-state index is 0.0129. The number of hydrogen-bond acceptors (Lipinski definition) is 3. The molecule has 0 spiro atoms. The van der Waals surface area contributed by atoms with Crippen LogP contribution in [0.4, 0.5) is 17.1 Å². The van der Waals surface area contributed by atoms with Gasteiger partial charge in [0.25, 0.3) is 5.69 Å². The molecular formula is C36H34N2O2. The molecule has 0 amide bonds. The van der Waals surface area contributed by atoms with Crippen molar-refractivity contribution in [2.24, 2.45) is 0 Å². The van der Waals surface area contributed by atoms with E-state index < -0.39 is 24.0 Å². The summed E-state index contributed by atoms with van der Waals surface area (Å²) in [6.07, 6.45) is 0. The summed E-state index contributed by atoms with van der Waals surface area (Å²) in [6, 6.07) is 20.4. The Morgan fingerprint density at radius 2 is 1.35 bits per heavy atom. The van der Waals surface area contributed by atoms with E-state index in [0.29, 0.717) is 11.1 Å². The van der Waals surface area contributed by atoms with Crippen molar-refractivity contribution in [2.45, 2.75) is 39.9 Å². The molecular weight excluding hydrogens is 492 g/mol. The van der Waals surface area contributed by atoms with Crippen LogP contribution in [0.2, 0.25) is 0 Å². The van der Waals surface area contributed by atoms with Crippen LogP contribution in [0.25, 0.3) is 33.4 Å². The van der Waals surface area contributed by atoms with E-state index in [1.54, 1.807) is 69.3 Å². The Morgan fingerprint density at radius 1 is 0.725 bits per heavy atom. The van der Waals surface area contributed by atoms with Gasteiger partial charge in [-0.05, 0) is 64.1 Å². The Kier molecular flexibility index (Phi) is 4.62. The topological polar surface area (TPSA) is 55.2 Å². The van der Waals surface area contributed by atoms with Crippen LogP contribution in [0.1, 0.15) is 51.2 Å². The lowest BCUT2D eigenvalue weighted by molar-refractivity contribution is -0.383. The number of para-hydroxylation sites is 3. The second kappa shape index (κ2) is 10.8. The molecule has 0 aliphatic rings. The predicted molar refractivity (Wildman–Crippen MR) is 167 cm³/mol. The van der Waals surface area contributed by atoms with E-state index in [0.717, 1.165) is 0 Å². The molecule has 5 aromatic carbocycles. The normalized spacial score (nSPS) is 15.6. The maximum Gasteiger partial charge on any atom is 0.292 e. The molecule has 0 saturated carbocycles. The Hall–Kier alpha value is -4.70. The molecule has 5 rings (SSSR count). The first-order chi connectivity index (χ1) is 23.2. The van der Waals surface area contributed by atoms with Gasteiger partial charge in [-0.1, -0.05) is 118 Å². The molecule has 0 radical (unpaired) electrons. The predicted octanol–water partition coefficient (Wildman–Crippen LogP) is 10.3. The van der Waals surface area contributed by atoms with Gasteiger partial charge in [0.1, 0.15) is 5.69 Å². The third-order valence-corrected chi connectivity index (χ3v) is 6.62. The molecule has 5 aromatic rings. The molecule has 40 heavy (non-hydrogen) atoms. The number of anilines is 2. The maximum absolute atomic E-state index is 12.0. The summed E-state index contributed by atoms with van der Waals surface area (Å²) in [5.74, 6) is 0. The van der Waals surface area contributed by atoms with Crippen LogP contribution >= 0.6 is 0 Å². The largest absolute Gasteiger partial charge is 0.349 e. The lowest BCUT2D eigenvalue weighted by Crippen LogP contribution is -2.10. The molecule has 1 N–H and O–H groups in total. The van der Waals surface area contributed by atoms with Gasteiger partial charge in [-0.25, -0.2) is 0 Å². The number of rotatable bonds is 6. The molecule has 0 aliphatic heterocycles. The minimum Gasteiger partial charge on any atom is -0.349 e. The van der Waals surface area contributed by atoms with Crippen LogP contribution in [0.3, 0.4) is 0 Å². The van der Waals surface area contributed by atoms with Gasteiger partial charge in [0.2, 0.25) is 0 Å². The zero-order valence-corrected chi connectivity index (χ0v) is 22.3. The maximum atomic E-state index is 12.0. The van der Waals surface area contributed by atoms with Crippen LogP contribution in [-0.4, -0.2) is 4.92 Å². The zero-order valence-electron chi connectivity index (χ0n) is 32.3. The molecule has 0 fully saturated rings. The van der Waals surface area contributed by atoms with Crippen molar-refractivity contribution in [1.29, 1.82) is 0 Å². The molecule has 0 atom stereocenters. The van der Waals surface area contributed by atoms with Crippen LogP contribution in [0, 0.1) is 23.8 Å². The highest BCUT2D eigenvalue weighted by Gasteiger charge is 2.19. The SMILES string of the molecule is [2H]c1c([2H])c(C(C)(C)C)c([2H])c([2H])c1-c1cccc(-c2ccc(-c3ccccc3C([2H])([2H])[2H])c(C([2H])([2H])[2H])c2)c1Nc1ccccc1[N+](=O)[O-]. The Morgan fingerprint density at radius 3 is 2.05 bits per heavy atom. The van der Waals surface area contributed by atoms with Gasteiger partial charge in [0.05, 0.1) is 16.1 Å². The second-order valence-corrected chi connectivity index (χ2v) is 10.4. The van der Waals surface area contributed by atoms with Crippen LogP contribution in [0.5, 0.6) is 0 Å². The first-order valence-electron chi connectivity index (χ1n) is 17.7. The quantitative estimate of drug-likeness (QED) is 0.173. The molecule has 0 heterocycles. The van der Waals surface area contributed by atoms with Gasteiger partial charge in [-0.3, -0.25) is 10.1 Å². The van der Waals surface area contributed by atoms with Gasteiger partial charge in [0, 0.05) is 25.4 Å². The van der Waals surface area contributed by atoms with E-state index in [1.807, 2.05) is 0 Å². The lowest BCUT2D eigenvalue weighted by atomic mass is 9.85. The summed E-state index contributed by atoms with van der Waals surface area (Å²) < 4.78 is 85.1. The van der Waals surface area contributed by atoms with E-state index in [-0.39, 0.29) is 80.2 Å². The molecule has 0 bridgehead atoms. The standard InChI is InChI=1S/C36H34N2O2/c1-24-11-6-7-12-29(24)30-22-19-27(23-25(30)2)32-14-10-13-31(26-17-20-28(21-18-26)36(3,4)5)35(32)37-33-15-8-9-16-34(33)38(39)40/h6-23,37H,1-5H3/i1D3,2D3,17D,18D,20D,21D. The average Bonchev–Trinajstić information content (AvgIpc) is 3.03. The van der Waals surface area contributed by atoms with Crippen LogP contribution in [0.15, 0.2) is 109 Å². The van der Waals surface area contributed by atoms with Crippen molar-refractivity contribution in [2.75, 3.05) is 5.32 Å². The Bertz CT molecular complexity index is 2100. The molecule has 0 aromatic heterocycles. The van der Waals surface area contributed by atoms with E-state index in [2.05, 4.69) is 5.32 Å². The fraction of sp³-hybridized carbons (Fsp3) is 0.167. The minimum atomic E-state index is -2.69. The van der Waals surface area contributed by atoms with Crippen molar-refractivity contribution >= 4 is 17.1 Å². The molecule has 0 aliphatic carbocycles. The third-order valence-electron chi connectivity index (χ3n) is 6.62. The molecule has 4 heteroatoms. The lowest BCUT2D eigenvalue weighted by Gasteiger charge is -2.21. The molecule has 4 nitrogen and oxygen atoms in total. The second-order valence-electron chi connectivity index (χ2n) is 10.4. The smallest absolute Gasteiger partial charge is 0.292 e. The number of nitro benzene ring substituents is 1. The first kappa shape index (κ1) is 17.1.